The van der Waals surface area contributed by atoms with E-state index in [9.17, 15) is 8.78 Å². The molecule has 0 radical (unpaired) electrons. The molecule has 2 N–H and O–H groups in total. The molecular formula is C13H15BrF2N4O. The van der Waals surface area contributed by atoms with Gasteiger partial charge in [-0.1, -0.05) is 18.9 Å². The first-order chi connectivity index (χ1) is 9.95. The highest BCUT2D eigenvalue weighted by Crippen LogP contribution is 2.25. The van der Waals surface area contributed by atoms with E-state index in [4.69, 9.17) is 4.42 Å². The summed E-state index contributed by atoms with van der Waals surface area (Å²) in [5, 5.41) is 13.2. The van der Waals surface area contributed by atoms with E-state index in [1.54, 1.807) is 0 Å². The van der Waals surface area contributed by atoms with Crippen LogP contribution in [0.2, 0.25) is 0 Å². The normalized spacial score (nSPS) is 11.1. The molecule has 0 amide bonds. The fraction of sp³-hybridized carbons (Fsp3) is 0.385. The standard InChI is InChI=1S/C13H15BrF2N4O/c1-7(2)5-17-6-12-19-20-13(21-12)18-11-4-9(15)8(14)3-10(11)16/h3-4,7,17H,5-6H2,1-2H3,(H,18,20). The minimum atomic E-state index is -0.624. The van der Waals surface area contributed by atoms with Gasteiger partial charge in [0.2, 0.25) is 5.89 Å². The van der Waals surface area contributed by atoms with Gasteiger partial charge in [-0.2, -0.15) is 0 Å². The molecule has 0 aliphatic heterocycles. The molecule has 0 bridgehead atoms. The largest absolute Gasteiger partial charge is 0.406 e. The van der Waals surface area contributed by atoms with Crippen LogP contribution in [0, 0.1) is 17.6 Å². The highest BCUT2D eigenvalue weighted by molar-refractivity contribution is 9.10. The zero-order valence-electron chi connectivity index (χ0n) is 11.6. The number of rotatable bonds is 6. The molecule has 114 valence electrons. The molecule has 2 rings (SSSR count). The van der Waals surface area contributed by atoms with Gasteiger partial charge in [0.1, 0.15) is 11.6 Å². The van der Waals surface area contributed by atoms with Crippen molar-refractivity contribution in [2.75, 3.05) is 11.9 Å². The van der Waals surface area contributed by atoms with Crippen LogP contribution in [0.25, 0.3) is 0 Å². The van der Waals surface area contributed by atoms with Gasteiger partial charge in [0.05, 0.1) is 16.7 Å². The molecule has 1 aromatic carbocycles. The van der Waals surface area contributed by atoms with Gasteiger partial charge in [-0.15, -0.1) is 5.10 Å². The Morgan fingerprint density at radius 1 is 1.24 bits per heavy atom. The minimum absolute atomic E-state index is 0.0111. The van der Waals surface area contributed by atoms with Gasteiger partial charge >= 0.3 is 6.01 Å². The molecule has 0 aliphatic carbocycles. The van der Waals surface area contributed by atoms with Crippen molar-refractivity contribution in [1.82, 2.24) is 15.5 Å². The smallest absolute Gasteiger partial charge is 0.320 e. The molecule has 0 fully saturated rings. The Morgan fingerprint density at radius 2 is 2.00 bits per heavy atom. The molecule has 8 heteroatoms. The van der Waals surface area contributed by atoms with E-state index >= 15 is 0 Å². The van der Waals surface area contributed by atoms with Crippen LogP contribution < -0.4 is 10.6 Å². The fourth-order valence-corrected chi connectivity index (χ4v) is 1.89. The molecule has 2 aromatic rings. The lowest BCUT2D eigenvalue weighted by Crippen LogP contribution is -2.19. The summed E-state index contributed by atoms with van der Waals surface area (Å²) in [5.41, 5.74) is -0.0685. The van der Waals surface area contributed by atoms with Crippen molar-refractivity contribution < 1.29 is 13.2 Å². The van der Waals surface area contributed by atoms with Crippen LogP contribution in [-0.2, 0) is 6.54 Å². The number of hydrogen-bond acceptors (Lipinski definition) is 5. The Morgan fingerprint density at radius 3 is 2.71 bits per heavy atom. The maximum atomic E-state index is 13.7. The highest BCUT2D eigenvalue weighted by atomic mass is 79.9. The summed E-state index contributed by atoms with van der Waals surface area (Å²) >= 11 is 2.91. The van der Waals surface area contributed by atoms with Crippen LogP contribution in [-0.4, -0.2) is 16.7 Å². The quantitative estimate of drug-likeness (QED) is 0.770. The molecule has 1 heterocycles. The second-order valence-electron chi connectivity index (χ2n) is 4.90. The molecule has 1 aromatic heterocycles. The van der Waals surface area contributed by atoms with E-state index in [0.717, 1.165) is 18.7 Å². The summed E-state index contributed by atoms with van der Waals surface area (Å²) in [6.45, 7) is 5.40. The maximum Gasteiger partial charge on any atom is 0.320 e. The maximum absolute atomic E-state index is 13.7. The lowest BCUT2D eigenvalue weighted by atomic mass is 10.2. The first-order valence-electron chi connectivity index (χ1n) is 6.40. The van der Waals surface area contributed by atoms with Crippen molar-refractivity contribution in [3.05, 3.63) is 34.1 Å². The van der Waals surface area contributed by atoms with Crippen molar-refractivity contribution in [3.63, 3.8) is 0 Å². The molecule has 0 spiro atoms. The predicted molar refractivity (Wildman–Crippen MR) is 78.2 cm³/mol. The number of nitrogens with one attached hydrogen (secondary N) is 2. The lowest BCUT2D eigenvalue weighted by Gasteiger charge is -2.05. The van der Waals surface area contributed by atoms with Crippen LogP contribution in [0.15, 0.2) is 21.0 Å². The number of anilines is 2. The highest BCUT2D eigenvalue weighted by Gasteiger charge is 2.12. The molecule has 5 nitrogen and oxygen atoms in total. The number of nitrogens with zero attached hydrogens (tertiary/aromatic N) is 2. The van der Waals surface area contributed by atoms with Crippen LogP contribution in [0.1, 0.15) is 19.7 Å². The minimum Gasteiger partial charge on any atom is -0.406 e. The molecule has 0 unspecified atom stereocenters. The van der Waals surface area contributed by atoms with E-state index < -0.39 is 11.6 Å². The second kappa shape index (κ2) is 6.95. The predicted octanol–water partition coefficient (Wildman–Crippen LogP) is 3.60. The molecule has 21 heavy (non-hydrogen) atoms. The van der Waals surface area contributed by atoms with Gasteiger partial charge in [-0.3, -0.25) is 0 Å². The van der Waals surface area contributed by atoms with Crippen LogP contribution in [0.5, 0.6) is 0 Å². The number of aromatic nitrogens is 2. The zero-order chi connectivity index (χ0) is 15.4. The Kier molecular flexibility index (Phi) is 5.24. The van der Waals surface area contributed by atoms with Gasteiger partial charge in [0, 0.05) is 6.07 Å². The van der Waals surface area contributed by atoms with Crippen molar-refractivity contribution >= 4 is 27.6 Å². The second-order valence-corrected chi connectivity index (χ2v) is 5.75. The Bertz CT molecular complexity index is 618. The number of halogens is 3. The topological polar surface area (TPSA) is 63.0 Å². The first-order valence-corrected chi connectivity index (χ1v) is 7.19. The SMILES string of the molecule is CC(C)CNCc1nnc(Nc2cc(F)c(Br)cc2F)o1. The van der Waals surface area contributed by atoms with Crippen molar-refractivity contribution in [2.45, 2.75) is 20.4 Å². The monoisotopic (exact) mass is 360 g/mol. The summed E-state index contributed by atoms with van der Waals surface area (Å²) in [4.78, 5) is 0. The van der Waals surface area contributed by atoms with Crippen molar-refractivity contribution in [2.24, 2.45) is 5.92 Å². The fourth-order valence-electron chi connectivity index (χ4n) is 1.58. The summed E-state index contributed by atoms with van der Waals surface area (Å²) in [7, 11) is 0. The average Bonchev–Trinajstić information content (AvgIpc) is 2.83. The van der Waals surface area contributed by atoms with E-state index in [-0.39, 0.29) is 16.2 Å². The van der Waals surface area contributed by atoms with E-state index in [1.165, 1.54) is 0 Å². The van der Waals surface area contributed by atoms with Gasteiger partial charge in [0.25, 0.3) is 0 Å². The number of hydrogen-bond donors (Lipinski definition) is 2. The van der Waals surface area contributed by atoms with Gasteiger partial charge in [-0.25, -0.2) is 8.78 Å². The van der Waals surface area contributed by atoms with Crippen LogP contribution in [0.3, 0.4) is 0 Å². The summed E-state index contributed by atoms with van der Waals surface area (Å²) in [6.07, 6.45) is 0. The third kappa shape index (κ3) is 4.47. The van der Waals surface area contributed by atoms with Gasteiger partial charge in [-0.05, 0) is 34.5 Å². The van der Waals surface area contributed by atoms with Gasteiger partial charge < -0.3 is 15.1 Å². The van der Waals surface area contributed by atoms with E-state index in [0.29, 0.717) is 18.4 Å². The Labute approximate surface area is 129 Å². The summed E-state index contributed by atoms with van der Waals surface area (Å²) in [6, 6.07) is 2.05. The van der Waals surface area contributed by atoms with E-state index in [1.807, 2.05) is 0 Å². The summed E-state index contributed by atoms with van der Waals surface area (Å²) in [5.74, 6) is -0.334. The van der Waals surface area contributed by atoms with Crippen LogP contribution >= 0.6 is 15.9 Å². The summed E-state index contributed by atoms with van der Waals surface area (Å²) < 4.78 is 32.4. The van der Waals surface area contributed by atoms with Gasteiger partial charge in [0.15, 0.2) is 0 Å². The third-order valence-corrected chi connectivity index (χ3v) is 3.15. The Hall–Kier alpha value is -1.54. The first kappa shape index (κ1) is 15.8. The zero-order valence-corrected chi connectivity index (χ0v) is 13.2. The van der Waals surface area contributed by atoms with Crippen molar-refractivity contribution in [1.29, 1.82) is 0 Å². The number of benzene rings is 1. The third-order valence-electron chi connectivity index (χ3n) is 2.55. The lowest BCUT2D eigenvalue weighted by molar-refractivity contribution is 0.460. The molecule has 0 atom stereocenters. The van der Waals surface area contributed by atoms with Crippen molar-refractivity contribution in [3.8, 4) is 0 Å². The molecule has 0 saturated carbocycles. The van der Waals surface area contributed by atoms with Crippen LogP contribution in [0.4, 0.5) is 20.5 Å². The molecule has 0 aliphatic rings. The van der Waals surface area contributed by atoms with E-state index in [2.05, 4.69) is 50.6 Å². The molecule has 0 saturated heterocycles. The average molecular weight is 361 g/mol. The molecular weight excluding hydrogens is 346 g/mol. The Balaban J connectivity index is 2.01.